The van der Waals surface area contributed by atoms with Crippen LogP contribution in [0.25, 0.3) is 11.3 Å². The molecule has 118 valence electrons. The highest BCUT2D eigenvalue weighted by molar-refractivity contribution is 5.78. The summed E-state index contributed by atoms with van der Waals surface area (Å²) in [5.41, 5.74) is 2.77. The smallest absolute Gasteiger partial charge is 0.234 e. The second kappa shape index (κ2) is 6.70. The lowest BCUT2D eigenvalue weighted by atomic mass is 10.1. The monoisotopic (exact) mass is 301 g/mol. The van der Waals surface area contributed by atoms with Crippen molar-refractivity contribution in [2.24, 2.45) is 7.05 Å². The molecule has 0 radical (unpaired) electrons. The van der Waals surface area contributed by atoms with E-state index in [0.717, 1.165) is 16.8 Å². The van der Waals surface area contributed by atoms with Crippen molar-refractivity contribution in [3.8, 4) is 11.3 Å². The normalized spacial score (nSPS) is 11.5. The molecule has 22 heavy (non-hydrogen) atoms. The molecule has 0 spiro atoms. The van der Waals surface area contributed by atoms with E-state index in [1.807, 2.05) is 46.1 Å². The van der Waals surface area contributed by atoms with Crippen LogP contribution in [0.15, 0.2) is 30.7 Å². The SMILES string of the molecule is Cn1cc(CNCC(=O)NC(C)(C)C)c(-c2ccncc2)n1. The molecule has 2 N–H and O–H groups in total. The number of hydrogen-bond donors (Lipinski definition) is 2. The largest absolute Gasteiger partial charge is 0.350 e. The molecule has 0 aliphatic heterocycles. The highest BCUT2D eigenvalue weighted by atomic mass is 16.2. The van der Waals surface area contributed by atoms with Crippen molar-refractivity contribution in [2.75, 3.05) is 6.54 Å². The predicted octanol–water partition coefficient (Wildman–Crippen LogP) is 1.49. The highest BCUT2D eigenvalue weighted by Gasteiger charge is 2.14. The number of nitrogens with one attached hydrogen (secondary N) is 2. The summed E-state index contributed by atoms with van der Waals surface area (Å²) in [5, 5.41) is 10.6. The Labute approximate surface area is 130 Å². The molecule has 0 aliphatic rings. The molecule has 0 saturated heterocycles. The molecule has 2 aromatic rings. The van der Waals surface area contributed by atoms with Crippen molar-refractivity contribution >= 4 is 5.91 Å². The summed E-state index contributed by atoms with van der Waals surface area (Å²) in [4.78, 5) is 15.8. The van der Waals surface area contributed by atoms with Crippen LogP contribution in [0.3, 0.4) is 0 Å². The third-order valence-electron chi connectivity index (χ3n) is 2.97. The third kappa shape index (κ3) is 4.66. The van der Waals surface area contributed by atoms with Crippen LogP contribution in [0.1, 0.15) is 26.3 Å². The molecule has 6 heteroatoms. The molecule has 2 rings (SSSR count). The number of amides is 1. The summed E-state index contributed by atoms with van der Waals surface area (Å²) in [7, 11) is 1.89. The molecule has 1 amide bonds. The number of pyridine rings is 1. The van der Waals surface area contributed by atoms with Crippen molar-refractivity contribution in [3.63, 3.8) is 0 Å². The molecular formula is C16H23N5O. The van der Waals surface area contributed by atoms with Crippen molar-refractivity contribution < 1.29 is 4.79 Å². The van der Waals surface area contributed by atoms with E-state index in [2.05, 4.69) is 20.7 Å². The van der Waals surface area contributed by atoms with E-state index in [-0.39, 0.29) is 18.0 Å². The van der Waals surface area contributed by atoms with Crippen LogP contribution in [0.5, 0.6) is 0 Å². The van der Waals surface area contributed by atoms with Gasteiger partial charge in [0.1, 0.15) is 0 Å². The quantitative estimate of drug-likeness (QED) is 0.877. The molecule has 0 atom stereocenters. The molecule has 0 bridgehead atoms. The minimum Gasteiger partial charge on any atom is -0.350 e. The summed E-state index contributed by atoms with van der Waals surface area (Å²) in [6, 6.07) is 3.86. The standard InChI is InChI=1S/C16H23N5O/c1-16(2,3)19-14(22)10-18-9-13-11-21(4)20-15(13)12-5-7-17-8-6-12/h5-8,11,18H,9-10H2,1-4H3,(H,19,22). The van der Waals surface area contributed by atoms with Crippen molar-refractivity contribution in [1.29, 1.82) is 0 Å². The van der Waals surface area contributed by atoms with Gasteiger partial charge in [-0.1, -0.05) is 0 Å². The van der Waals surface area contributed by atoms with E-state index >= 15 is 0 Å². The van der Waals surface area contributed by atoms with Gasteiger partial charge in [0, 0.05) is 48.8 Å². The summed E-state index contributed by atoms with van der Waals surface area (Å²) in [6.07, 6.45) is 5.46. The predicted molar refractivity (Wildman–Crippen MR) is 86.0 cm³/mol. The Balaban J connectivity index is 1.98. The van der Waals surface area contributed by atoms with Gasteiger partial charge in [-0.15, -0.1) is 0 Å². The topological polar surface area (TPSA) is 71.8 Å². The fourth-order valence-corrected chi connectivity index (χ4v) is 2.19. The van der Waals surface area contributed by atoms with Gasteiger partial charge in [0.2, 0.25) is 5.91 Å². The van der Waals surface area contributed by atoms with Crippen LogP contribution in [0, 0.1) is 0 Å². The first-order valence-corrected chi connectivity index (χ1v) is 7.30. The van der Waals surface area contributed by atoms with E-state index < -0.39 is 0 Å². The Morgan fingerprint density at radius 1 is 1.27 bits per heavy atom. The van der Waals surface area contributed by atoms with Crippen LogP contribution in [-0.2, 0) is 18.4 Å². The average molecular weight is 301 g/mol. The lowest BCUT2D eigenvalue weighted by Crippen LogP contribution is -2.44. The van der Waals surface area contributed by atoms with Crippen LogP contribution >= 0.6 is 0 Å². The van der Waals surface area contributed by atoms with Gasteiger partial charge in [0.05, 0.1) is 12.2 Å². The Hall–Kier alpha value is -2.21. The molecule has 0 aliphatic carbocycles. The summed E-state index contributed by atoms with van der Waals surface area (Å²) >= 11 is 0. The maximum atomic E-state index is 11.8. The first-order valence-electron chi connectivity index (χ1n) is 7.30. The van der Waals surface area contributed by atoms with Crippen LogP contribution in [0.4, 0.5) is 0 Å². The van der Waals surface area contributed by atoms with E-state index in [0.29, 0.717) is 6.54 Å². The maximum absolute atomic E-state index is 11.8. The van der Waals surface area contributed by atoms with Gasteiger partial charge >= 0.3 is 0 Å². The van der Waals surface area contributed by atoms with E-state index in [1.54, 1.807) is 17.1 Å². The Kier molecular flexibility index (Phi) is 4.92. The molecule has 2 aromatic heterocycles. The lowest BCUT2D eigenvalue weighted by molar-refractivity contribution is -0.121. The molecule has 6 nitrogen and oxygen atoms in total. The van der Waals surface area contributed by atoms with E-state index in [1.165, 1.54) is 0 Å². The van der Waals surface area contributed by atoms with E-state index in [9.17, 15) is 4.79 Å². The van der Waals surface area contributed by atoms with Crippen LogP contribution in [0.2, 0.25) is 0 Å². The first-order chi connectivity index (χ1) is 10.3. The van der Waals surface area contributed by atoms with Gasteiger partial charge in [0.25, 0.3) is 0 Å². The fourth-order valence-electron chi connectivity index (χ4n) is 2.19. The summed E-state index contributed by atoms with van der Waals surface area (Å²) < 4.78 is 1.78. The number of aryl methyl sites for hydroxylation is 1. The Morgan fingerprint density at radius 2 is 1.95 bits per heavy atom. The molecule has 0 unspecified atom stereocenters. The maximum Gasteiger partial charge on any atom is 0.234 e. The van der Waals surface area contributed by atoms with Crippen LogP contribution < -0.4 is 10.6 Å². The number of nitrogens with zero attached hydrogens (tertiary/aromatic N) is 3. The molecule has 0 saturated carbocycles. The van der Waals surface area contributed by atoms with Gasteiger partial charge < -0.3 is 10.6 Å². The second-order valence-corrected chi connectivity index (χ2v) is 6.31. The number of carbonyl (C=O) groups is 1. The van der Waals surface area contributed by atoms with Crippen molar-refractivity contribution in [3.05, 3.63) is 36.3 Å². The zero-order chi connectivity index (χ0) is 16.2. The number of rotatable bonds is 5. The first kappa shape index (κ1) is 16.2. The number of carbonyl (C=O) groups excluding carboxylic acids is 1. The minimum atomic E-state index is -0.213. The third-order valence-corrected chi connectivity index (χ3v) is 2.97. The summed E-state index contributed by atoms with van der Waals surface area (Å²) in [6.45, 7) is 6.76. The molecule has 2 heterocycles. The average Bonchev–Trinajstić information content (AvgIpc) is 2.79. The Bertz CT molecular complexity index is 628. The van der Waals surface area contributed by atoms with Gasteiger partial charge in [-0.05, 0) is 32.9 Å². The molecular weight excluding hydrogens is 278 g/mol. The number of aromatic nitrogens is 3. The van der Waals surface area contributed by atoms with Crippen molar-refractivity contribution in [2.45, 2.75) is 32.9 Å². The van der Waals surface area contributed by atoms with Crippen molar-refractivity contribution in [1.82, 2.24) is 25.4 Å². The van der Waals surface area contributed by atoms with Gasteiger partial charge in [0.15, 0.2) is 0 Å². The zero-order valence-electron chi connectivity index (χ0n) is 13.6. The Morgan fingerprint density at radius 3 is 2.59 bits per heavy atom. The van der Waals surface area contributed by atoms with Gasteiger partial charge in [-0.3, -0.25) is 14.5 Å². The van der Waals surface area contributed by atoms with Gasteiger partial charge in [-0.25, -0.2) is 0 Å². The number of hydrogen-bond acceptors (Lipinski definition) is 4. The highest BCUT2D eigenvalue weighted by Crippen LogP contribution is 2.20. The van der Waals surface area contributed by atoms with E-state index in [4.69, 9.17) is 0 Å². The van der Waals surface area contributed by atoms with Gasteiger partial charge in [-0.2, -0.15) is 5.10 Å². The summed E-state index contributed by atoms with van der Waals surface area (Å²) in [5.74, 6) is -0.0122. The second-order valence-electron chi connectivity index (χ2n) is 6.31. The molecule has 0 fully saturated rings. The molecule has 0 aromatic carbocycles. The minimum absolute atomic E-state index is 0.0122. The lowest BCUT2D eigenvalue weighted by Gasteiger charge is -2.20. The van der Waals surface area contributed by atoms with Crippen LogP contribution in [-0.4, -0.2) is 32.8 Å². The fraction of sp³-hybridized carbons (Fsp3) is 0.438. The zero-order valence-corrected chi connectivity index (χ0v) is 13.6.